The summed E-state index contributed by atoms with van der Waals surface area (Å²) in [5.74, 6) is 0.861. The largest absolute Gasteiger partial charge is 0.497 e. The molecular formula is C25H22FN5O2S. The third kappa shape index (κ3) is 5.68. The fraction of sp³-hybridized carbons (Fsp3) is 0.120. The molecule has 0 bridgehead atoms. The lowest BCUT2D eigenvalue weighted by Gasteiger charge is -2.11. The molecule has 0 aliphatic carbocycles. The number of benzene rings is 3. The van der Waals surface area contributed by atoms with E-state index in [4.69, 9.17) is 4.74 Å². The van der Waals surface area contributed by atoms with Gasteiger partial charge in [0.1, 0.15) is 11.6 Å². The van der Waals surface area contributed by atoms with Crippen LogP contribution in [0.3, 0.4) is 0 Å². The number of hydrogen-bond donors (Lipinski definition) is 1. The van der Waals surface area contributed by atoms with E-state index in [1.165, 1.54) is 30.1 Å². The van der Waals surface area contributed by atoms with Gasteiger partial charge in [0.25, 0.3) is 5.91 Å². The normalized spacial score (nSPS) is 11.0. The Hall–Kier alpha value is -3.98. The lowest BCUT2D eigenvalue weighted by Crippen LogP contribution is -2.20. The van der Waals surface area contributed by atoms with Crippen molar-refractivity contribution < 1.29 is 13.9 Å². The van der Waals surface area contributed by atoms with Crippen LogP contribution in [0.4, 0.5) is 4.39 Å². The van der Waals surface area contributed by atoms with Crippen LogP contribution < -0.4 is 10.2 Å². The maximum Gasteiger partial charge on any atom is 0.250 e. The van der Waals surface area contributed by atoms with Gasteiger partial charge >= 0.3 is 0 Å². The van der Waals surface area contributed by atoms with Gasteiger partial charge in [0, 0.05) is 11.3 Å². The van der Waals surface area contributed by atoms with Crippen molar-refractivity contribution in [1.82, 2.24) is 20.2 Å². The van der Waals surface area contributed by atoms with Gasteiger partial charge in [-0.05, 0) is 48.9 Å². The standard InChI is InChI=1S/C25H22FN5O2S/c1-17-3-7-19(8-4-17)24-29-30-25(31(24)21-11-13-22(33-2)14-12-21)34-16-23(32)28-27-15-18-5-9-20(26)10-6-18/h3-15H,16H2,1-2H3,(H,28,32). The van der Waals surface area contributed by atoms with E-state index in [9.17, 15) is 9.18 Å². The molecule has 0 aliphatic rings. The quantitative estimate of drug-likeness (QED) is 0.228. The number of thioether (sulfide) groups is 1. The molecule has 0 radical (unpaired) electrons. The van der Waals surface area contributed by atoms with Crippen LogP contribution >= 0.6 is 11.8 Å². The van der Waals surface area contributed by atoms with Crippen molar-refractivity contribution in [1.29, 1.82) is 0 Å². The third-order valence-corrected chi connectivity index (χ3v) is 5.81. The fourth-order valence-corrected chi connectivity index (χ4v) is 3.85. The zero-order valence-electron chi connectivity index (χ0n) is 18.6. The first-order valence-electron chi connectivity index (χ1n) is 10.4. The average Bonchev–Trinajstić information content (AvgIpc) is 3.28. The number of halogens is 1. The zero-order valence-corrected chi connectivity index (χ0v) is 19.4. The molecule has 0 saturated heterocycles. The minimum atomic E-state index is -0.330. The van der Waals surface area contributed by atoms with Crippen molar-refractivity contribution in [2.75, 3.05) is 12.9 Å². The number of hydrogen-bond acceptors (Lipinski definition) is 6. The van der Waals surface area contributed by atoms with Crippen molar-refractivity contribution in [3.8, 4) is 22.8 Å². The molecule has 0 spiro atoms. The van der Waals surface area contributed by atoms with E-state index in [2.05, 4.69) is 20.7 Å². The minimum absolute atomic E-state index is 0.0863. The second kappa shape index (κ2) is 10.8. The highest BCUT2D eigenvalue weighted by molar-refractivity contribution is 7.99. The molecule has 1 amide bonds. The van der Waals surface area contributed by atoms with E-state index < -0.39 is 0 Å². The van der Waals surface area contributed by atoms with E-state index in [-0.39, 0.29) is 17.5 Å². The highest BCUT2D eigenvalue weighted by Gasteiger charge is 2.17. The molecule has 0 fully saturated rings. The van der Waals surface area contributed by atoms with Crippen molar-refractivity contribution in [3.05, 3.63) is 89.7 Å². The number of amides is 1. The van der Waals surface area contributed by atoms with Crippen LogP contribution in [-0.2, 0) is 4.79 Å². The number of methoxy groups -OCH3 is 1. The molecule has 3 aromatic carbocycles. The molecule has 34 heavy (non-hydrogen) atoms. The van der Waals surface area contributed by atoms with E-state index in [1.54, 1.807) is 19.2 Å². The number of nitrogens with one attached hydrogen (secondary N) is 1. The Morgan fingerprint density at radius 2 is 1.76 bits per heavy atom. The number of aromatic nitrogens is 3. The molecule has 9 heteroatoms. The Bertz CT molecular complexity index is 1290. The topological polar surface area (TPSA) is 81.4 Å². The molecule has 0 aliphatic heterocycles. The van der Waals surface area contributed by atoms with Crippen LogP contribution in [-0.4, -0.2) is 39.7 Å². The summed E-state index contributed by atoms with van der Waals surface area (Å²) in [6.07, 6.45) is 1.46. The van der Waals surface area contributed by atoms with Crippen LogP contribution in [0.1, 0.15) is 11.1 Å². The molecular weight excluding hydrogens is 453 g/mol. The van der Waals surface area contributed by atoms with E-state index in [0.29, 0.717) is 16.5 Å². The number of aryl methyl sites for hydroxylation is 1. The second-order valence-electron chi connectivity index (χ2n) is 7.34. The zero-order chi connectivity index (χ0) is 23.9. The van der Waals surface area contributed by atoms with Crippen molar-refractivity contribution in [2.24, 2.45) is 5.10 Å². The smallest absolute Gasteiger partial charge is 0.250 e. The van der Waals surface area contributed by atoms with Crippen molar-refractivity contribution in [3.63, 3.8) is 0 Å². The number of nitrogens with zero attached hydrogens (tertiary/aromatic N) is 4. The van der Waals surface area contributed by atoms with E-state index >= 15 is 0 Å². The summed E-state index contributed by atoms with van der Waals surface area (Å²) in [5.41, 5.74) is 6.06. The van der Waals surface area contributed by atoms with Gasteiger partial charge in [-0.1, -0.05) is 53.7 Å². The molecule has 0 unspecified atom stereocenters. The van der Waals surface area contributed by atoms with Crippen LogP contribution in [0, 0.1) is 12.7 Å². The fourth-order valence-electron chi connectivity index (χ4n) is 3.11. The first-order chi connectivity index (χ1) is 16.5. The molecule has 0 atom stereocenters. The Balaban J connectivity index is 1.52. The second-order valence-corrected chi connectivity index (χ2v) is 8.28. The molecule has 4 rings (SSSR count). The Labute approximate surface area is 200 Å². The van der Waals surface area contributed by atoms with Gasteiger partial charge in [0.15, 0.2) is 11.0 Å². The number of rotatable bonds is 8. The maximum absolute atomic E-state index is 13.0. The maximum atomic E-state index is 13.0. The number of hydrazone groups is 1. The summed E-state index contributed by atoms with van der Waals surface area (Å²) in [7, 11) is 1.62. The van der Waals surface area contributed by atoms with Crippen LogP contribution in [0.15, 0.2) is 83.1 Å². The molecule has 0 saturated carbocycles. The number of carbonyl (C=O) groups excluding carboxylic acids is 1. The highest BCUT2D eigenvalue weighted by Crippen LogP contribution is 2.29. The summed E-state index contributed by atoms with van der Waals surface area (Å²) in [5, 5.41) is 13.2. The van der Waals surface area contributed by atoms with Crippen LogP contribution in [0.2, 0.25) is 0 Å². The minimum Gasteiger partial charge on any atom is -0.497 e. The predicted molar refractivity (Wildman–Crippen MR) is 131 cm³/mol. The summed E-state index contributed by atoms with van der Waals surface area (Å²) < 4.78 is 20.2. The first-order valence-corrected chi connectivity index (χ1v) is 11.4. The number of carbonyl (C=O) groups is 1. The Morgan fingerprint density at radius 1 is 1.06 bits per heavy atom. The van der Waals surface area contributed by atoms with Crippen LogP contribution in [0.5, 0.6) is 5.75 Å². The summed E-state index contributed by atoms with van der Waals surface area (Å²) in [6.45, 7) is 2.02. The van der Waals surface area contributed by atoms with Gasteiger partial charge < -0.3 is 4.74 Å². The van der Waals surface area contributed by atoms with Gasteiger partial charge in [0.05, 0.1) is 19.1 Å². The molecule has 1 aromatic heterocycles. The SMILES string of the molecule is COc1ccc(-n2c(SCC(=O)NN=Cc3ccc(F)cc3)nnc2-c2ccc(C)cc2)cc1. The molecule has 1 heterocycles. The van der Waals surface area contributed by atoms with Crippen LogP contribution in [0.25, 0.3) is 17.1 Å². The Morgan fingerprint density at radius 3 is 2.44 bits per heavy atom. The van der Waals surface area contributed by atoms with E-state index in [0.717, 1.165) is 22.6 Å². The van der Waals surface area contributed by atoms with E-state index in [1.807, 2.05) is 60.0 Å². The van der Waals surface area contributed by atoms with Gasteiger partial charge in [-0.2, -0.15) is 5.10 Å². The average molecular weight is 476 g/mol. The monoisotopic (exact) mass is 475 g/mol. The highest BCUT2D eigenvalue weighted by atomic mass is 32.2. The van der Waals surface area contributed by atoms with Gasteiger partial charge in [-0.15, -0.1) is 10.2 Å². The lowest BCUT2D eigenvalue weighted by atomic mass is 10.1. The van der Waals surface area contributed by atoms with Gasteiger partial charge in [-0.25, -0.2) is 9.82 Å². The molecule has 172 valence electrons. The van der Waals surface area contributed by atoms with Crippen molar-refractivity contribution in [2.45, 2.75) is 12.1 Å². The molecule has 7 nitrogen and oxygen atoms in total. The van der Waals surface area contributed by atoms with Gasteiger partial charge in [0.2, 0.25) is 0 Å². The third-order valence-electron chi connectivity index (χ3n) is 4.88. The number of ether oxygens (including phenoxy) is 1. The first kappa shape index (κ1) is 23.2. The Kier molecular flexibility index (Phi) is 7.34. The summed E-state index contributed by atoms with van der Waals surface area (Å²) in [4.78, 5) is 12.3. The summed E-state index contributed by atoms with van der Waals surface area (Å²) >= 11 is 1.25. The lowest BCUT2D eigenvalue weighted by molar-refractivity contribution is -0.118. The molecule has 4 aromatic rings. The summed E-state index contributed by atoms with van der Waals surface area (Å²) in [6, 6.07) is 21.4. The predicted octanol–water partition coefficient (Wildman–Crippen LogP) is 4.63. The molecule has 1 N–H and O–H groups in total. The van der Waals surface area contributed by atoms with Gasteiger partial charge in [-0.3, -0.25) is 9.36 Å². The van der Waals surface area contributed by atoms with Crippen molar-refractivity contribution >= 4 is 23.9 Å².